The molecule has 0 aliphatic heterocycles. The summed E-state index contributed by atoms with van der Waals surface area (Å²) in [5.41, 5.74) is -0.453. The van der Waals surface area contributed by atoms with Crippen LogP contribution in [0.1, 0.15) is 78.6 Å². The van der Waals surface area contributed by atoms with Gasteiger partial charge < -0.3 is 14.9 Å². The van der Waals surface area contributed by atoms with Crippen LogP contribution >= 0.6 is 0 Å². The van der Waals surface area contributed by atoms with Crippen molar-refractivity contribution in [1.82, 2.24) is 4.72 Å². The number of aliphatic hydroxyl groups is 2. The van der Waals surface area contributed by atoms with Crippen LogP contribution < -0.4 is 4.72 Å². The van der Waals surface area contributed by atoms with Crippen LogP contribution in [0.5, 0.6) is 0 Å². The number of rotatable bonds is 6. The van der Waals surface area contributed by atoms with Crippen molar-refractivity contribution in [2.24, 2.45) is 46.3 Å². The Morgan fingerprint density at radius 2 is 1.82 bits per heavy atom. The summed E-state index contributed by atoms with van der Waals surface area (Å²) in [6, 6.07) is -0.413. The second-order valence-corrected chi connectivity index (χ2v) is 13.4. The van der Waals surface area contributed by atoms with Gasteiger partial charge in [0.25, 0.3) is 0 Å². The van der Waals surface area contributed by atoms with Gasteiger partial charge in [-0.3, -0.25) is 9.35 Å². The van der Waals surface area contributed by atoms with Crippen LogP contribution in [-0.2, 0) is 19.8 Å². The third-order valence-electron chi connectivity index (χ3n) is 10.9. The second kappa shape index (κ2) is 9.29. The maximum atomic E-state index is 12.0. The number of ether oxygens (including phenoxy) is 1. The van der Waals surface area contributed by atoms with Crippen LogP contribution in [0.2, 0.25) is 0 Å². The van der Waals surface area contributed by atoms with Crippen LogP contribution in [0.25, 0.3) is 0 Å². The summed E-state index contributed by atoms with van der Waals surface area (Å²) in [5, 5.41) is 22.0. The Kier molecular flexibility index (Phi) is 7.19. The minimum absolute atomic E-state index is 0.0182. The number of esters is 1. The number of carbonyl (C=O) groups excluding carboxylic acids is 1. The molecule has 0 aromatic heterocycles. The minimum atomic E-state index is -4.38. The van der Waals surface area contributed by atoms with E-state index in [0.717, 1.165) is 25.7 Å². The molecular weight excluding hydrogens is 458 g/mol. The molecule has 0 aromatic carbocycles. The normalized spacial score (nSPS) is 47.3. The molecule has 0 heterocycles. The number of methoxy groups -OCH3 is 1. The van der Waals surface area contributed by atoms with E-state index >= 15 is 0 Å². The zero-order chi connectivity index (χ0) is 25.1. The fraction of sp³-hybridized carbons (Fsp3) is 0.960. The molecule has 0 unspecified atom stereocenters. The summed E-state index contributed by atoms with van der Waals surface area (Å²) < 4.78 is 41.0. The molecule has 11 atom stereocenters. The zero-order valence-electron chi connectivity index (χ0n) is 20.9. The van der Waals surface area contributed by atoms with Gasteiger partial charge in [0.1, 0.15) is 0 Å². The van der Waals surface area contributed by atoms with Gasteiger partial charge in [-0.1, -0.05) is 20.8 Å². The highest BCUT2D eigenvalue weighted by Gasteiger charge is 2.66. The molecule has 4 saturated carbocycles. The molecule has 196 valence electrons. The molecule has 0 amide bonds. The van der Waals surface area contributed by atoms with E-state index in [2.05, 4.69) is 25.5 Å². The molecule has 0 spiro atoms. The molecule has 0 radical (unpaired) electrons. The maximum Gasteiger partial charge on any atom is 0.333 e. The highest BCUT2D eigenvalue weighted by atomic mass is 32.2. The molecule has 4 fully saturated rings. The van der Waals surface area contributed by atoms with Crippen molar-refractivity contribution >= 4 is 16.3 Å². The first kappa shape index (κ1) is 26.3. The number of aliphatic hydroxyl groups excluding tert-OH is 2. The Morgan fingerprint density at radius 1 is 1.12 bits per heavy atom. The molecule has 0 bridgehead atoms. The summed E-state index contributed by atoms with van der Waals surface area (Å²) in [5.74, 6) is 0.632. The average Bonchev–Trinajstić information content (AvgIpc) is 3.11. The Labute approximate surface area is 204 Å². The standard InChI is InChI=1S/C25H43NO7S/c1-14(5-8-22(29)33-4)17-6-7-18-23-19(13-21(28)25(17,18)3)24(2)10-9-16(27)11-15(24)12-20(23)26-34(30,31)32/h14-21,23,26-28H,5-13H2,1-4H3,(H,30,31,32)/t14-,15+,16-,17-,18+,19+,20-,21+,23+,24+,25-/m1/s1. The quantitative estimate of drug-likeness (QED) is 0.325. The summed E-state index contributed by atoms with van der Waals surface area (Å²) >= 11 is 0. The van der Waals surface area contributed by atoms with Crippen molar-refractivity contribution in [2.45, 2.75) is 96.8 Å². The number of fused-ring (bicyclic) bond motifs is 5. The van der Waals surface area contributed by atoms with E-state index in [-0.39, 0.29) is 58.4 Å². The van der Waals surface area contributed by atoms with Crippen LogP contribution in [0, 0.1) is 46.3 Å². The predicted octanol–water partition coefficient (Wildman–Crippen LogP) is 2.94. The van der Waals surface area contributed by atoms with E-state index in [1.807, 2.05) is 0 Å². The first-order valence-electron chi connectivity index (χ1n) is 13.0. The first-order valence-corrected chi connectivity index (χ1v) is 14.4. The predicted molar refractivity (Wildman–Crippen MR) is 127 cm³/mol. The highest BCUT2D eigenvalue weighted by molar-refractivity contribution is 7.83. The Bertz CT molecular complexity index is 880. The zero-order valence-corrected chi connectivity index (χ0v) is 21.8. The van der Waals surface area contributed by atoms with Crippen LogP contribution in [0.3, 0.4) is 0 Å². The van der Waals surface area contributed by atoms with Crippen molar-refractivity contribution in [3.63, 3.8) is 0 Å². The van der Waals surface area contributed by atoms with Gasteiger partial charge >= 0.3 is 16.3 Å². The Hall–Kier alpha value is -0.740. The Balaban J connectivity index is 1.66. The third-order valence-corrected chi connectivity index (χ3v) is 11.5. The molecule has 0 aromatic rings. The summed E-state index contributed by atoms with van der Waals surface area (Å²) in [4.78, 5) is 11.7. The minimum Gasteiger partial charge on any atom is -0.469 e. The van der Waals surface area contributed by atoms with Gasteiger partial charge in [0.2, 0.25) is 0 Å². The lowest BCUT2D eigenvalue weighted by atomic mass is 9.42. The van der Waals surface area contributed by atoms with E-state index in [9.17, 15) is 28.0 Å². The molecule has 4 rings (SSSR count). The highest BCUT2D eigenvalue weighted by Crippen LogP contribution is 2.68. The summed E-state index contributed by atoms with van der Waals surface area (Å²) in [6.45, 7) is 6.58. The first-order chi connectivity index (χ1) is 15.8. The van der Waals surface area contributed by atoms with E-state index < -0.39 is 22.4 Å². The van der Waals surface area contributed by atoms with Crippen molar-refractivity contribution in [1.29, 1.82) is 0 Å². The molecule has 9 heteroatoms. The summed E-state index contributed by atoms with van der Waals surface area (Å²) in [6.07, 6.45) is 5.42. The molecule has 0 saturated heterocycles. The molecule has 4 aliphatic carbocycles. The molecule has 4 aliphatic rings. The van der Waals surface area contributed by atoms with Crippen molar-refractivity contribution in [3.05, 3.63) is 0 Å². The molecule has 8 nitrogen and oxygen atoms in total. The lowest BCUT2D eigenvalue weighted by Gasteiger charge is -2.64. The van der Waals surface area contributed by atoms with Gasteiger partial charge in [-0.25, -0.2) is 0 Å². The van der Waals surface area contributed by atoms with Gasteiger partial charge in [-0.15, -0.1) is 0 Å². The van der Waals surface area contributed by atoms with Gasteiger partial charge in [0.05, 0.1) is 19.3 Å². The second-order valence-electron chi connectivity index (χ2n) is 12.2. The summed E-state index contributed by atoms with van der Waals surface area (Å²) in [7, 11) is -2.99. The van der Waals surface area contributed by atoms with E-state index in [0.29, 0.717) is 32.1 Å². The number of nitrogens with one attached hydrogen (secondary N) is 1. The largest absolute Gasteiger partial charge is 0.469 e. The smallest absolute Gasteiger partial charge is 0.333 e. The monoisotopic (exact) mass is 501 g/mol. The van der Waals surface area contributed by atoms with Crippen molar-refractivity contribution in [2.75, 3.05) is 7.11 Å². The van der Waals surface area contributed by atoms with Gasteiger partial charge in [0.15, 0.2) is 0 Å². The number of hydrogen-bond donors (Lipinski definition) is 4. The lowest BCUT2D eigenvalue weighted by Crippen LogP contribution is -2.65. The van der Waals surface area contributed by atoms with Crippen molar-refractivity contribution < 1.29 is 32.7 Å². The van der Waals surface area contributed by atoms with Gasteiger partial charge in [-0.05, 0) is 97.7 Å². The number of hydrogen-bond acceptors (Lipinski definition) is 6. The Morgan fingerprint density at radius 3 is 2.47 bits per heavy atom. The molecular formula is C25H43NO7S. The average molecular weight is 502 g/mol. The van der Waals surface area contributed by atoms with Crippen LogP contribution in [0.15, 0.2) is 0 Å². The molecule has 4 N–H and O–H groups in total. The topological polar surface area (TPSA) is 133 Å². The van der Waals surface area contributed by atoms with E-state index in [1.54, 1.807) is 0 Å². The van der Waals surface area contributed by atoms with E-state index in [1.165, 1.54) is 7.11 Å². The van der Waals surface area contributed by atoms with E-state index in [4.69, 9.17) is 4.74 Å². The van der Waals surface area contributed by atoms with Crippen LogP contribution in [-0.4, -0.2) is 54.5 Å². The fourth-order valence-electron chi connectivity index (χ4n) is 9.14. The van der Waals surface area contributed by atoms with Gasteiger partial charge in [0, 0.05) is 12.5 Å². The van der Waals surface area contributed by atoms with Gasteiger partial charge in [-0.2, -0.15) is 13.1 Å². The SMILES string of the molecule is COC(=O)CC[C@@H](C)[C@H]1CC[C@H]2[C@@H]3[C@H](NS(=O)(=O)O)C[C@@H]4C[C@H](O)CC[C@]4(C)[C@H]3C[C@H](O)[C@]12C. The van der Waals surface area contributed by atoms with Crippen molar-refractivity contribution in [3.8, 4) is 0 Å². The fourth-order valence-corrected chi connectivity index (χ4v) is 9.77. The third kappa shape index (κ3) is 4.44. The van der Waals surface area contributed by atoms with Crippen LogP contribution in [0.4, 0.5) is 0 Å². The molecule has 34 heavy (non-hydrogen) atoms. The number of carbonyl (C=O) groups is 1. The maximum absolute atomic E-state index is 12.0. The lowest BCUT2D eigenvalue weighted by molar-refractivity contribution is -0.182.